The average Bonchev–Trinajstić information content (AvgIpc) is 2.54. The van der Waals surface area contributed by atoms with Crippen molar-refractivity contribution < 1.29 is 4.79 Å². The maximum absolute atomic E-state index is 12.5. The van der Waals surface area contributed by atoms with E-state index in [-0.39, 0.29) is 5.92 Å². The van der Waals surface area contributed by atoms with E-state index in [1.165, 1.54) is 5.56 Å². The van der Waals surface area contributed by atoms with E-state index in [1.54, 1.807) is 0 Å². The molecule has 0 radical (unpaired) electrons. The standard InChI is InChI=1S/C18H28N2O/c1-4-15(3)18(21)20-12-11-19(14-17(20)5-2)13-16-9-7-6-8-10-16/h6-10,15,17H,4-5,11-14H2,1-3H3/t15-,17-/m1/s1. The first-order valence-electron chi connectivity index (χ1n) is 8.22. The Morgan fingerprint density at radius 1 is 1.24 bits per heavy atom. The number of carbonyl (C=O) groups is 1. The van der Waals surface area contributed by atoms with Gasteiger partial charge in [-0.25, -0.2) is 0 Å². The second-order valence-electron chi connectivity index (χ2n) is 6.12. The lowest BCUT2D eigenvalue weighted by Crippen LogP contribution is -2.55. The first-order chi connectivity index (χ1) is 10.2. The van der Waals surface area contributed by atoms with Gasteiger partial charge in [0, 0.05) is 38.1 Å². The maximum Gasteiger partial charge on any atom is 0.225 e. The molecule has 21 heavy (non-hydrogen) atoms. The molecular weight excluding hydrogens is 260 g/mol. The number of hydrogen-bond donors (Lipinski definition) is 0. The van der Waals surface area contributed by atoms with Gasteiger partial charge in [-0.3, -0.25) is 9.69 Å². The topological polar surface area (TPSA) is 23.6 Å². The van der Waals surface area contributed by atoms with Crippen LogP contribution in [0.5, 0.6) is 0 Å². The van der Waals surface area contributed by atoms with E-state index in [1.807, 2.05) is 6.92 Å². The molecule has 116 valence electrons. The highest BCUT2D eigenvalue weighted by Crippen LogP contribution is 2.19. The van der Waals surface area contributed by atoms with Crippen molar-refractivity contribution in [3.05, 3.63) is 35.9 Å². The number of amides is 1. The summed E-state index contributed by atoms with van der Waals surface area (Å²) in [5, 5.41) is 0. The summed E-state index contributed by atoms with van der Waals surface area (Å²) in [6.07, 6.45) is 1.97. The number of piperazine rings is 1. The van der Waals surface area contributed by atoms with Crippen LogP contribution >= 0.6 is 0 Å². The Labute approximate surface area is 128 Å². The van der Waals surface area contributed by atoms with Crippen LogP contribution in [0.15, 0.2) is 30.3 Å². The number of nitrogens with zero attached hydrogens (tertiary/aromatic N) is 2. The van der Waals surface area contributed by atoms with Crippen molar-refractivity contribution in [2.45, 2.75) is 46.2 Å². The van der Waals surface area contributed by atoms with Crippen molar-refractivity contribution in [1.29, 1.82) is 0 Å². The summed E-state index contributed by atoms with van der Waals surface area (Å²) in [6, 6.07) is 11.0. The van der Waals surface area contributed by atoms with Crippen molar-refractivity contribution in [3.8, 4) is 0 Å². The number of carbonyl (C=O) groups excluding carboxylic acids is 1. The second-order valence-corrected chi connectivity index (χ2v) is 6.12. The summed E-state index contributed by atoms with van der Waals surface area (Å²) in [5.41, 5.74) is 1.36. The third-order valence-corrected chi connectivity index (χ3v) is 4.60. The molecule has 0 N–H and O–H groups in total. The molecule has 2 rings (SSSR count). The van der Waals surface area contributed by atoms with Gasteiger partial charge in [0.25, 0.3) is 0 Å². The summed E-state index contributed by atoms with van der Waals surface area (Å²) in [5.74, 6) is 0.489. The van der Waals surface area contributed by atoms with Crippen LogP contribution in [0.1, 0.15) is 39.2 Å². The Bertz CT molecular complexity index is 446. The molecule has 1 heterocycles. The highest BCUT2D eigenvalue weighted by atomic mass is 16.2. The van der Waals surface area contributed by atoms with Gasteiger partial charge in [-0.1, -0.05) is 51.1 Å². The molecule has 0 aromatic heterocycles. The van der Waals surface area contributed by atoms with Crippen LogP contribution in [0.25, 0.3) is 0 Å². The smallest absolute Gasteiger partial charge is 0.225 e. The van der Waals surface area contributed by atoms with Crippen LogP contribution < -0.4 is 0 Å². The Balaban J connectivity index is 1.96. The van der Waals surface area contributed by atoms with Gasteiger partial charge in [-0.2, -0.15) is 0 Å². The molecule has 1 amide bonds. The average molecular weight is 288 g/mol. The fraction of sp³-hybridized carbons (Fsp3) is 0.611. The molecule has 0 saturated carbocycles. The van der Waals surface area contributed by atoms with E-state index in [4.69, 9.17) is 0 Å². The van der Waals surface area contributed by atoms with Gasteiger partial charge in [-0.15, -0.1) is 0 Å². The van der Waals surface area contributed by atoms with E-state index in [0.717, 1.165) is 39.0 Å². The van der Waals surface area contributed by atoms with Gasteiger partial charge in [0.1, 0.15) is 0 Å². The third-order valence-electron chi connectivity index (χ3n) is 4.60. The summed E-state index contributed by atoms with van der Waals surface area (Å²) < 4.78 is 0. The number of benzene rings is 1. The Kier molecular flexibility index (Phi) is 5.80. The molecule has 1 fully saturated rings. The maximum atomic E-state index is 12.5. The van der Waals surface area contributed by atoms with Crippen LogP contribution in [0, 0.1) is 5.92 Å². The lowest BCUT2D eigenvalue weighted by molar-refractivity contribution is -0.140. The SMILES string of the molecule is CC[C@@H]1CN(Cc2ccccc2)CCN1C(=O)[C@H](C)CC. The third kappa shape index (κ3) is 4.07. The largest absolute Gasteiger partial charge is 0.337 e. The molecule has 0 bridgehead atoms. The fourth-order valence-corrected chi connectivity index (χ4v) is 3.00. The number of hydrogen-bond acceptors (Lipinski definition) is 2. The lowest BCUT2D eigenvalue weighted by Gasteiger charge is -2.42. The number of rotatable bonds is 5. The minimum absolute atomic E-state index is 0.153. The predicted molar refractivity (Wildman–Crippen MR) is 87.0 cm³/mol. The van der Waals surface area contributed by atoms with Crippen molar-refractivity contribution in [1.82, 2.24) is 9.80 Å². The molecule has 2 atom stereocenters. The zero-order valence-corrected chi connectivity index (χ0v) is 13.6. The predicted octanol–water partition coefficient (Wildman–Crippen LogP) is 3.16. The van der Waals surface area contributed by atoms with Crippen LogP contribution in [0.4, 0.5) is 0 Å². The molecule has 3 heteroatoms. The Morgan fingerprint density at radius 3 is 2.57 bits per heavy atom. The van der Waals surface area contributed by atoms with E-state index in [0.29, 0.717) is 11.9 Å². The van der Waals surface area contributed by atoms with Crippen molar-refractivity contribution >= 4 is 5.91 Å². The van der Waals surface area contributed by atoms with Crippen molar-refractivity contribution in [2.24, 2.45) is 5.92 Å². The fourth-order valence-electron chi connectivity index (χ4n) is 3.00. The normalized spacial score (nSPS) is 21.3. The lowest BCUT2D eigenvalue weighted by atomic mass is 10.0. The van der Waals surface area contributed by atoms with Crippen LogP contribution in [-0.2, 0) is 11.3 Å². The van der Waals surface area contributed by atoms with E-state index < -0.39 is 0 Å². The molecule has 0 aliphatic carbocycles. The van der Waals surface area contributed by atoms with Gasteiger partial charge in [0.15, 0.2) is 0 Å². The van der Waals surface area contributed by atoms with E-state index >= 15 is 0 Å². The summed E-state index contributed by atoms with van der Waals surface area (Å²) in [7, 11) is 0. The highest BCUT2D eigenvalue weighted by Gasteiger charge is 2.30. The van der Waals surface area contributed by atoms with Crippen LogP contribution in [0.2, 0.25) is 0 Å². The van der Waals surface area contributed by atoms with Gasteiger partial charge < -0.3 is 4.90 Å². The molecule has 1 aliphatic heterocycles. The van der Waals surface area contributed by atoms with Crippen molar-refractivity contribution in [2.75, 3.05) is 19.6 Å². The molecule has 0 spiro atoms. The molecule has 3 nitrogen and oxygen atoms in total. The molecular formula is C18H28N2O. The zero-order valence-electron chi connectivity index (χ0n) is 13.6. The van der Waals surface area contributed by atoms with E-state index in [9.17, 15) is 4.79 Å². The van der Waals surface area contributed by atoms with E-state index in [2.05, 4.69) is 54.0 Å². The first-order valence-corrected chi connectivity index (χ1v) is 8.22. The molecule has 1 aromatic rings. The zero-order chi connectivity index (χ0) is 15.2. The quantitative estimate of drug-likeness (QED) is 0.831. The van der Waals surface area contributed by atoms with Gasteiger partial charge in [-0.05, 0) is 18.4 Å². The van der Waals surface area contributed by atoms with Gasteiger partial charge in [0.05, 0.1) is 0 Å². The second kappa shape index (κ2) is 7.60. The minimum atomic E-state index is 0.153. The summed E-state index contributed by atoms with van der Waals surface area (Å²) >= 11 is 0. The minimum Gasteiger partial charge on any atom is -0.337 e. The van der Waals surface area contributed by atoms with Crippen LogP contribution in [-0.4, -0.2) is 41.4 Å². The van der Waals surface area contributed by atoms with Crippen molar-refractivity contribution in [3.63, 3.8) is 0 Å². The molecule has 1 saturated heterocycles. The molecule has 1 aromatic carbocycles. The summed E-state index contributed by atoms with van der Waals surface area (Å²) in [6.45, 7) is 10.2. The molecule has 1 aliphatic rings. The highest BCUT2D eigenvalue weighted by molar-refractivity contribution is 5.78. The molecule has 0 unspecified atom stereocenters. The first kappa shape index (κ1) is 16.0. The monoisotopic (exact) mass is 288 g/mol. The van der Waals surface area contributed by atoms with Gasteiger partial charge in [0.2, 0.25) is 5.91 Å². The summed E-state index contributed by atoms with van der Waals surface area (Å²) in [4.78, 5) is 17.1. The Morgan fingerprint density at radius 2 is 1.95 bits per heavy atom. The van der Waals surface area contributed by atoms with Crippen LogP contribution in [0.3, 0.4) is 0 Å². The Hall–Kier alpha value is -1.35. The van der Waals surface area contributed by atoms with Gasteiger partial charge >= 0.3 is 0 Å².